The number of nitrogens with one attached hydrogen (secondary N) is 2. The molecule has 0 aromatic heterocycles. The number of anilines is 2. The lowest BCUT2D eigenvalue weighted by molar-refractivity contribution is -0.126. The number of nitrogens with zero attached hydrogens (tertiary/aromatic N) is 4. The predicted molar refractivity (Wildman–Crippen MR) is 239 cm³/mol. The Hall–Kier alpha value is -5.20. The molecule has 2 atom stereocenters. The van der Waals surface area contributed by atoms with Gasteiger partial charge in [-0.2, -0.15) is 0 Å². The van der Waals surface area contributed by atoms with E-state index in [2.05, 4.69) is 42.5 Å². The SMILES string of the molecule is CC(C)(C)NC(=O)C(c1ccccc1)N(C(=O)/C=C/N1CCN(/C=C/C(=O)N(c2ccc(Br)cc2)C(C(=O)NC(C)(C)C)c2ccccc2)CC1)c1ccc(Br)cc1. The van der Waals surface area contributed by atoms with Gasteiger partial charge in [0.2, 0.25) is 11.8 Å². The van der Waals surface area contributed by atoms with Crippen molar-refractivity contribution in [3.05, 3.63) is 154 Å². The molecule has 0 bridgehead atoms. The van der Waals surface area contributed by atoms with Crippen LogP contribution in [0.3, 0.4) is 0 Å². The summed E-state index contributed by atoms with van der Waals surface area (Å²) in [6.07, 6.45) is 6.58. The first-order chi connectivity index (χ1) is 27.5. The van der Waals surface area contributed by atoms with Gasteiger partial charge in [0.25, 0.3) is 11.8 Å². The number of hydrogen-bond donors (Lipinski definition) is 2. The van der Waals surface area contributed by atoms with Crippen LogP contribution in [0.15, 0.2) is 143 Å². The fourth-order valence-corrected chi connectivity index (χ4v) is 7.06. The van der Waals surface area contributed by atoms with Gasteiger partial charge in [0, 0.05) is 82.1 Å². The zero-order chi connectivity index (χ0) is 42.0. The van der Waals surface area contributed by atoms with E-state index in [4.69, 9.17) is 0 Å². The zero-order valence-electron chi connectivity index (χ0n) is 33.9. The Morgan fingerprint density at radius 3 is 1.14 bits per heavy atom. The van der Waals surface area contributed by atoms with Crippen molar-refractivity contribution in [2.24, 2.45) is 0 Å². The summed E-state index contributed by atoms with van der Waals surface area (Å²) in [5.74, 6) is -1.27. The Kier molecular flexibility index (Phi) is 14.8. The second kappa shape index (κ2) is 19.5. The normalized spacial score (nSPS) is 14.6. The summed E-state index contributed by atoms with van der Waals surface area (Å²) in [5.41, 5.74) is 1.50. The topological polar surface area (TPSA) is 105 Å². The molecule has 304 valence electrons. The Bertz CT molecular complexity index is 1920. The summed E-state index contributed by atoms with van der Waals surface area (Å²) < 4.78 is 1.71. The Labute approximate surface area is 359 Å². The van der Waals surface area contributed by atoms with Crippen LogP contribution >= 0.6 is 31.9 Å². The van der Waals surface area contributed by atoms with Crippen LogP contribution in [0.5, 0.6) is 0 Å². The fourth-order valence-electron chi connectivity index (χ4n) is 6.53. The minimum atomic E-state index is -0.920. The Morgan fingerprint density at radius 2 is 0.845 bits per heavy atom. The maximum Gasteiger partial charge on any atom is 0.253 e. The second-order valence-corrected chi connectivity index (χ2v) is 18.0. The van der Waals surface area contributed by atoms with Crippen LogP contribution in [0.25, 0.3) is 0 Å². The first-order valence-electron chi connectivity index (χ1n) is 19.2. The molecule has 0 spiro atoms. The lowest BCUT2D eigenvalue weighted by Gasteiger charge is -2.35. The molecule has 12 heteroatoms. The smallest absolute Gasteiger partial charge is 0.253 e. The van der Waals surface area contributed by atoms with Crippen molar-refractivity contribution in [2.45, 2.75) is 64.7 Å². The van der Waals surface area contributed by atoms with E-state index in [9.17, 15) is 19.2 Å². The summed E-state index contributed by atoms with van der Waals surface area (Å²) in [7, 11) is 0. The first kappa shape index (κ1) is 43.9. The van der Waals surface area contributed by atoms with Crippen molar-refractivity contribution in [1.82, 2.24) is 20.4 Å². The Balaban J connectivity index is 1.34. The quantitative estimate of drug-likeness (QED) is 0.138. The van der Waals surface area contributed by atoms with E-state index in [-0.39, 0.29) is 23.6 Å². The largest absolute Gasteiger partial charge is 0.374 e. The van der Waals surface area contributed by atoms with Crippen LogP contribution in [0, 0.1) is 0 Å². The molecular weight excluding hydrogens is 860 g/mol. The average molecular weight is 913 g/mol. The van der Waals surface area contributed by atoms with E-state index in [0.29, 0.717) is 48.7 Å². The maximum atomic E-state index is 14.2. The summed E-state index contributed by atoms with van der Waals surface area (Å²) >= 11 is 6.98. The molecule has 1 heterocycles. The highest BCUT2D eigenvalue weighted by molar-refractivity contribution is 9.10. The number of rotatable bonds is 12. The van der Waals surface area contributed by atoms with Gasteiger partial charge in [0.1, 0.15) is 12.1 Å². The van der Waals surface area contributed by atoms with Crippen molar-refractivity contribution in [3.8, 4) is 0 Å². The third-order valence-electron chi connectivity index (χ3n) is 9.13. The predicted octanol–water partition coefficient (Wildman–Crippen LogP) is 8.53. The highest BCUT2D eigenvalue weighted by Crippen LogP contribution is 2.32. The van der Waals surface area contributed by atoms with Crippen molar-refractivity contribution in [3.63, 3.8) is 0 Å². The molecule has 1 aliphatic heterocycles. The van der Waals surface area contributed by atoms with Crippen LogP contribution in [-0.2, 0) is 19.2 Å². The number of piperazine rings is 1. The fraction of sp³-hybridized carbons (Fsp3) is 0.304. The molecule has 1 saturated heterocycles. The molecule has 0 aliphatic carbocycles. The summed E-state index contributed by atoms with van der Waals surface area (Å²) in [4.78, 5) is 63.4. The van der Waals surface area contributed by atoms with Crippen molar-refractivity contribution in [1.29, 1.82) is 0 Å². The van der Waals surface area contributed by atoms with Crippen LogP contribution < -0.4 is 20.4 Å². The molecule has 0 radical (unpaired) electrons. The van der Waals surface area contributed by atoms with Gasteiger partial charge >= 0.3 is 0 Å². The Morgan fingerprint density at radius 1 is 0.534 bits per heavy atom. The van der Waals surface area contributed by atoms with E-state index < -0.39 is 23.2 Å². The minimum absolute atomic E-state index is 0.290. The average Bonchev–Trinajstić information content (AvgIpc) is 3.17. The van der Waals surface area contributed by atoms with E-state index in [1.807, 2.05) is 161 Å². The number of carbonyl (C=O) groups is 4. The number of halogens is 2. The number of hydrogen-bond acceptors (Lipinski definition) is 6. The molecular formula is C46H52Br2N6O4. The molecule has 4 amide bonds. The maximum absolute atomic E-state index is 14.2. The van der Waals surface area contributed by atoms with Gasteiger partial charge in [0.15, 0.2) is 0 Å². The van der Waals surface area contributed by atoms with Gasteiger partial charge in [-0.15, -0.1) is 0 Å². The van der Waals surface area contributed by atoms with E-state index >= 15 is 0 Å². The molecule has 1 aliphatic rings. The standard InChI is InChI=1S/C46H52Br2N6O4/c1-45(2,3)49-43(57)41(33-13-9-7-10-14-33)53(37-21-17-35(47)18-22-37)39(55)25-27-51-29-31-52(32-30-51)28-26-40(56)54(38-23-19-36(48)20-24-38)42(34-15-11-8-12-16-34)44(58)50-46(4,5)6/h7-28,41-42H,29-32H2,1-6H3,(H,49,57)(H,50,58)/b27-25+,28-26+. The van der Waals surface area contributed by atoms with E-state index in [0.717, 1.165) is 8.95 Å². The van der Waals surface area contributed by atoms with Crippen molar-refractivity contribution in [2.75, 3.05) is 36.0 Å². The zero-order valence-corrected chi connectivity index (χ0v) is 37.0. The molecule has 1 fully saturated rings. The highest BCUT2D eigenvalue weighted by atomic mass is 79.9. The summed E-state index contributed by atoms with van der Waals surface area (Å²) in [6, 6.07) is 31.4. The van der Waals surface area contributed by atoms with Gasteiger partial charge < -0.3 is 20.4 Å². The number of benzene rings is 4. The van der Waals surface area contributed by atoms with Gasteiger partial charge in [0.05, 0.1) is 0 Å². The van der Waals surface area contributed by atoms with E-state index in [1.165, 1.54) is 22.0 Å². The molecule has 0 saturated carbocycles. The van der Waals surface area contributed by atoms with Crippen LogP contribution in [0.4, 0.5) is 11.4 Å². The molecule has 5 rings (SSSR count). The highest BCUT2D eigenvalue weighted by Gasteiger charge is 2.35. The van der Waals surface area contributed by atoms with Crippen molar-refractivity contribution >= 4 is 66.9 Å². The first-order valence-corrected chi connectivity index (χ1v) is 20.8. The van der Waals surface area contributed by atoms with E-state index in [1.54, 1.807) is 12.4 Å². The molecule has 2 N–H and O–H groups in total. The molecule has 4 aromatic carbocycles. The lowest BCUT2D eigenvalue weighted by Crippen LogP contribution is -2.49. The third kappa shape index (κ3) is 12.4. The molecule has 2 unspecified atom stereocenters. The molecule has 58 heavy (non-hydrogen) atoms. The third-order valence-corrected chi connectivity index (χ3v) is 10.2. The van der Waals surface area contributed by atoms with Gasteiger partial charge in [-0.05, 0) is 101 Å². The van der Waals surface area contributed by atoms with Crippen LogP contribution in [-0.4, -0.2) is 70.7 Å². The number of carbonyl (C=O) groups excluding carboxylic acids is 4. The number of amides is 4. The summed E-state index contributed by atoms with van der Waals surface area (Å²) in [6.45, 7) is 13.8. The van der Waals surface area contributed by atoms with Crippen LogP contribution in [0.1, 0.15) is 64.8 Å². The lowest BCUT2D eigenvalue weighted by atomic mass is 10.0. The van der Waals surface area contributed by atoms with Crippen molar-refractivity contribution < 1.29 is 19.2 Å². The summed E-state index contributed by atoms with van der Waals surface area (Å²) in [5, 5.41) is 6.15. The molecule has 4 aromatic rings. The van der Waals surface area contributed by atoms with Gasteiger partial charge in [-0.1, -0.05) is 92.5 Å². The van der Waals surface area contributed by atoms with Gasteiger partial charge in [-0.25, -0.2) is 0 Å². The molecule has 10 nitrogen and oxygen atoms in total. The van der Waals surface area contributed by atoms with Crippen LogP contribution in [0.2, 0.25) is 0 Å². The minimum Gasteiger partial charge on any atom is -0.374 e. The second-order valence-electron chi connectivity index (χ2n) is 16.2. The monoisotopic (exact) mass is 910 g/mol. The van der Waals surface area contributed by atoms with Gasteiger partial charge in [-0.3, -0.25) is 29.0 Å².